The van der Waals surface area contributed by atoms with Gasteiger partial charge in [-0.25, -0.2) is 4.79 Å². The molecule has 2 saturated heterocycles. The minimum absolute atomic E-state index is 0.0203. The topological polar surface area (TPSA) is 65.1 Å². The van der Waals surface area contributed by atoms with Crippen molar-refractivity contribution >= 4 is 17.6 Å². The molecule has 130 valence electrons. The highest BCUT2D eigenvalue weighted by molar-refractivity contribution is 5.97. The summed E-state index contributed by atoms with van der Waals surface area (Å²) in [6, 6.07) is 7.19. The molecule has 2 fully saturated rings. The summed E-state index contributed by atoms with van der Waals surface area (Å²) in [6.45, 7) is 3.70. The smallest absolute Gasteiger partial charge is 0.317 e. The summed E-state index contributed by atoms with van der Waals surface area (Å²) >= 11 is 0. The molecule has 1 aromatic rings. The number of hydrogen-bond donors (Lipinski definition) is 1. The summed E-state index contributed by atoms with van der Waals surface area (Å²) in [5.74, 6) is 0.733. The quantitative estimate of drug-likeness (QED) is 0.887. The molecular weight excluding hydrogens is 308 g/mol. The molecule has 0 bridgehead atoms. The van der Waals surface area contributed by atoms with Crippen LogP contribution in [0.2, 0.25) is 0 Å². The van der Waals surface area contributed by atoms with E-state index in [0.717, 1.165) is 31.9 Å². The largest absolute Gasteiger partial charge is 0.497 e. The van der Waals surface area contributed by atoms with Crippen LogP contribution in [0.15, 0.2) is 24.3 Å². The number of urea groups is 1. The zero-order chi connectivity index (χ0) is 17.1. The Hall–Kier alpha value is -2.28. The number of carbonyl (C=O) groups excluding carboxylic acids is 2. The molecular formula is C17H24N4O3. The molecule has 0 radical (unpaired) electrons. The average Bonchev–Trinajstić information content (AvgIpc) is 2.95. The molecule has 24 heavy (non-hydrogen) atoms. The van der Waals surface area contributed by atoms with Gasteiger partial charge in [0.2, 0.25) is 5.91 Å². The van der Waals surface area contributed by atoms with Crippen LogP contribution in [0, 0.1) is 0 Å². The molecule has 2 heterocycles. The molecule has 0 saturated carbocycles. The van der Waals surface area contributed by atoms with Crippen LogP contribution >= 0.6 is 0 Å². The van der Waals surface area contributed by atoms with E-state index >= 15 is 0 Å². The summed E-state index contributed by atoms with van der Waals surface area (Å²) in [5.41, 5.74) is 0.802. The van der Waals surface area contributed by atoms with Gasteiger partial charge in [0.15, 0.2) is 0 Å². The first-order valence-corrected chi connectivity index (χ1v) is 8.25. The van der Waals surface area contributed by atoms with E-state index in [4.69, 9.17) is 4.74 Å². The van der Waals surface area contributed by atoms with Crippen LogP contribution in [0.3, 0.4) is 0 Å². The zero-order valence-electron chi connectivity index (χ0n) is 14.2. The highest BCUT2D eigenvalue weighted by Gasteiger charge is 2.33. The number of likely N-dealkylation sites (N-methyl/N-ethyl adjacent to an activating group) is 1. The van der Waals surface area contributed by atoms with Crippen molar-refractivity contribution < 1.29 is 14.3 Å². The van der Waals surface area contributed by atoms with Gasteiger partial charge < -0.3 is 24.8 Å². The lowest BCUT2D eigenvalue weighted by atomic mass is 10.2. The molecule has 0 aliphatic carbocycles. The van der Waals surface area contributed by atoms with Gasteiger partial charge in [-0.05, 0) is 19.2 Å². The van der Waals surface area contributed by atoms with Gasteiger partial charge in [-0.2, -0.15) is 0 Å². The minimum Gasteiger partial charge on any atom is -0.497 e. The second kappa shape index (κ2) is 7.09. The van der Waals surface area contributed by atoms with Gasteiger partial charge in [-0.1, -0.05) is 6.07 Å². The number of nitrogens with one attached hydrogen (secondary N) is 1. The van der Waals surface area contributed by atoms with Crippen LogP contribution in [0.1, 0.15) is 6.42 Å². The molecule has 1 N–H and O–H groups in total. The Morgan fingerprint density at radius 1 is 1.25 bits per heavy atom. The summed E-state index contributed by atoms with van der Waals surface area (Å²) in [5, 5.41) is 3.00. The average molecular weight is 332 g/mol. The predicted molar refractivity (Wildman–Crippen MR) is 91.4 cm³/mol. The summed E-state index contributed by atoms with van der Waals surface area (Å²) in [4.78, 5) is 30.4. The van der Waals surface area contributed by atoms with Gasteiger partial charge in [-0.15, -0.1) is 0 Å². The van der Waals surface area contributed by atoms with E-state index in [1.54, 1.807) is 12.0 Å². The lowest BCUT2D eigenvalue weighted by Crippen LogP contribution is -2.52. The highest BCUT2D eigenvalue weighted by Crippen LogP contribution is 2.25. The maximum Gasteiger partial charge on any atom is 0.317 e. The van der Waals surface area contributed by atoms with Gasteiger partial charge in [-0.3, -0.25) is 4.79 Å². The van der Waals surface area contributed by atoms with Crippen molar-refractivity contribution in [3.05, 3.63) is 24.3 Å². The Morgan fingerprint density at radius 2 is 2.00 bits per heavy atom. The monoisotopic (exact) mass is 332 g/mol. The number of amides is 3. The van der Waals surface area contributed by atoms with Crippen LogP contribution in [-0.2, 0) is 4.79 Å². The Morgan fingerprint density at radius 3 is 2.71 bits per heavy atom. The number of rotatable bonds is 3. The third-order valence-corrected chi connectivity index (χ3v) is 4.61. The van der Waals surface area contributed by atoms with Gasteiger partial charge in [0.05, 0.1) is 13.2 Å². The second-order valence-corrected chi connectivity index (χ2v) is 6.35. The number of anilines is 1. The van der Waals surface area contributed by atoms with Crippen molar-refractivity contribution in [3.63, 3.8) is 0 Å². The van der Waals surface area contributed by atoms with E-state index < -0.39 is 0 Å². The van der Waals surface area contributed by atoms with Gasteiger partial charge in [0, 0.05) is 50.9 Å². The molecule has 2 aliphatic heterocycles. The standard InChI is InChI=1S/C17H24N4O3/c1-19-6-8-20(9-7-19)17(23)18-13-10-16(22)21(12-13)14-4-3-5-15(11-14)24-2/h3-5,11,13H,6-10,12H2,1-2H3,(H,18,23). The third-order valence-electron chi connectivity index (χ3n) is 4.61. The van der Waals surface area contributed by atoms with Gasteiger partial charge in [0.1, 0.15) is 5.75 Å². The van der Waals surface area contributed by atoms with Crippen molar-refractivity contribution in [1.29, 1.82) is 0 Å². The fraction of sp³-hybridized carbons (Fsp3) is 0.529. The lowest BCUT2D eigenvalue weighted by Gasteiger charge is -2.33. The number of hydrogen-bond acceptors (Lipinski definition) is 4. The minimum atomic E-state index is -0.157. The SMILES string of the molecule is COc1cccc(N2CC(NC(=O)N3CCN(C)CC3)CC2=O)c1. The molecule has 1 aromatic carbocycles. The van der Waals surface area contributed by atoms with Crippen LogP contribution in [0.5, 0.6) is 5.75 Å². The Balaban J connectivity index is 1.59. The molecule has 7 nitrogen and oxygen atoms in total. The molecule has 0 aromatic heterocycles. The van der Waals surface area contributed by atoms with Crippen molar-refractivity contribution in [1.82, 2.24) is 15.1 Å². The first-order chi connectivity index (χ1) is 11.6. The van der Waals surface area contributed by atoms with Crippen LogP contribution in [-0.4, -0.2) is 74.7 Å². The summed E-state index contributed by atoms with van der Waals surface area (Å²) < 4.78 is 5.21. The first kappa shape index (κ1) is 16.6. The Bertz CT molecular complexity index is 614. The van der Waals surface area contributed by atoms with Crippen molar-refractivity contribution in [3.8, 4) is 5.75 Å². The van der Waals surface area contributed by atoms with E-state index in [0.29, 0.717) is 18.7 Å². The first-order valence-electron chi connectivity index (χ1n) is 8.25. The molecule has 2 aliphatic rings. The number of ether oxygens (including phenoxy) is 1. The summed E-state index contributed by atoms with van der Waals surface area (Å²) in [6.07, 6.45) is 0.330. The predicted octanol–water partition coefficient (Wildman–Crippen LogP) is 0.758. The fourth-order valence-electron chi connectivity index (χ4n) is 3.11. The maximum atomic E-state index is 12.4. The normalized spacial score (nSPS) is 21.9. The number of piperazine rings is 1. The van der Waals surface area contributed by atoms with E-state index in [1.165, 1.54) is 0 Å². The molecule has 3 amide bonds. The van der Waals surface area contributed by atoms with E-state index in [1.807, 2.05) is 29.2 Å². The van der Waals surface area contributed by atoms with E-state index in [9.17, 15) is 9.59 Å². The molecule has 3 rings (SSSR count). The molecule has 1 atom stereocenters. The van der Waals surface area contributed by atoms with Crippen LogP contribution < -0.4 is 15.0 Å². The molecule has 1 unspecified atom stereocenters. The van der Waals surface area contributed by atoms with Crippen molar-refractivity contribution in [2.45, 2.75) is 12.5 Å². The zero-order valence-corrected chi connectivity index (χ0v) is 14.2. The molecule has 7 heteroatoms. The van der Waals surface area contributed by atoms with E-state index in [2.05, 4.69) is 17.3 Å². The highest BCUT2D eigenvalue weighted by atomic mass is 16.5. The Kier molecular flexibility index (Phi) is 4.89. The number of nitrogens with zero attached hydrogens (tertiary/aromatic N) is 3. The van der Waals surface area contributed by atoms with Crippen LogP contribution in [0.4, 0.5) is 10.5 Å². The fourth-order valence-corrected chi connectivity index (χ4v) is 3.11. The maximum absolute atomic E-state index is 12.4. The van der Waals surface area contributed by atoms with Gasteiger partial charge >= 0.3 is 6.03 Å². The van der Waals surface area contributed by atoms with Crippen molar-refractivity contribution in [2.24, 2.45) is 0 Å². The Labute approximate surface area is 142 Å². The number of benzene rings is 1. The number of carbonyl (C=O) groups is 2. The van der Waals surface area contributed by atoms with Crippen LogP contribution in [0.25, 0.3) is 0 Å². The lowest BCUT2D eigenvalue weighted by molar-refractivity contribution is -0.117. The van der Waals surface area contributed by atoms with Crippen molar-refractivity contribution in [2.75, 3.05) is 51.8 Å². The molecule has 0 spiro atoms. The second-order valence-electron chi connectivity index (χ2n) is 6.35. The van der Waals surface area contributed by atoms with Gasteiger partial charge in [0.25, 0.3) is 0 Å². The third kappa shape index (κ3) is 3.62. The van der Waals surface area contributed by atoms with E-state index in [-0.39, 0.29) is 18.0 Å². The summed E-state index contributed by atoms with van der Waals surface area (Å²) in [7, 11) is 3.65. The number of methoxy groups -OCH3 is 1.